The summed E-state index contributed by atoms with van der Waals surface area (Å²) in [6.07, 6.45) is 9.29. The smallest absolute Gasteiger partial charge is 1.00 e. The van der Waals surface area contributed by atoms with E-state index >= 15 is 0 Å². The molecule has 0 bridgehead atoms. The molecule has 0 aromatic rings. The largest absolute Gasteiger partial charge is 1.00 e. The topological polar surface area (TPSA) is 32.7 Å². The Balaban J connectivity index is 0. The predicted molar refractivity (Wildman–Crippen MR) is 81.5 cm³/mol. The second-order valence-corrected chi connectivity index (χ2v) is 5.86. The molecule has 1 heterocycles. The molecule has 3 nitrogen and oxygen atoms in total. The zero-order valence-corrected chi connectivity index (χ0v) is 15.9. The number of aliphatic hydroxyl groups is 1. The van der Waals surface area contributed by atoms with Gasteiger partial charge in [-0.1, -0.05) is 52.4 Å². The Morgan fingerprint density at radius 1 is 1.25 bits per heavy atom. The molecule has 0 radical (unpaired) electrons. The molecule has 4 heteroatoms. The average Bonchev–Trinajstić information content (AvgIpc) is 2.41. The third-order valence-corrected chi connectivity index (χ3v) is 4.28. The van der Waals surface area contributed by atoms with Gasteiger partial charge < -0.3 is 11.3 Å². The number of hydrogen-bond acceptors (Lipinski definition) is 3. The van der Waals surface area contributed by atoms with Crippen molar-refractivity contribution in [3.05, 3.63) is 0 Å². The van der Waals surface area contributed by atoms with E-state index in [2.05, 4.69) is 18.7 Å². The van der Waals surface area contributed by atoms with E-state index in [0.29, 0.717) is 6.04 Å². The summed E-state index contributed by atoms with van der Waals surface area (Å²) in [6.45, 7) is 8.32. The molecule has 0 aromatic carbocycles. The molecule has 1 unspecified atom stereocenters. The Kier molecular flexibility index (Phi) is 14.1. The number of hydrogen-bond donors (Lipinski definition) is 1. The van der Waals surface area contributed by atoms with Crippen LogP contribution in [0.1, 0.15) is 60.2 Å². The zero-order chi connectivity index (χ0) is 13.9. The summed E-state index contributed by atoms with van der Waals surface area (Å²) in [7, 11) is 0. The SMILES string of the molecule is CCCC(CCC)CCCC1COCCN1CCO.[H-].[Na+]. The molecule has 1 saturated heterocycles. The minimum Gasteiger partial charge on any atom is -1.00 e. The van der Waals surface area contributed by atoms with Crippen molar-refractivity contribution in [2.75, 3.05) is 32.9 Å². The molecule has 1 N–H and O–H groups in total. The molecule has 0 spiro atoms. The summed E-state index contributed by atoms with van der Waals surface area (Å²) in [5.74, 6) is 0.922. The van der Waals surface area contributed by atoms with Gasteiger partial charge in [-0.15, -0.1) is 0 Å². The van der Waals surface area contributed by atoms with Crippen LogP contribution in [-0.4, -0.2) is 49.0 Å². The van der Waals surface area contributed by atoms with Crippen molar-refractivity contribution < 1.29 is 40.8 Å². The maximum atomic E-state index is 9.11. The molecule has 20 heavy (non-hydrogen) atoms. The van der Waals surface area contributed by atoms with Crippen molar-refractivity contribution in [3.8, 4) is 0 Å². The molecule has 0 aromatic heterocycles. The van der Waals surface area contributed by atoms with E-state index in [4.69, 9.17) is 9.84 Å². The Morgan fingerprint density at radius 3 is 2.55 bits per heavy atom. The van der Waals surface area contributed by atoms with Crippen molar-refractivity contribution >= 4 is 0 Å². The van der Waals surface area contributed by atoms with E-state index in [-0.39, 0.29) is 37.6 Å². The van der Waals surface area contributed by atoms with Crippen LogP contribution in [0.4, 0.5) is 0 Å². The van der Waals surface area contributed by atoms with Crippen LogP contribution >= 0.6 is 0 Å². The van der Waals surface area contributed by atoms with Crippen LogP contribution in [0.5, 0.6) is 0 Å². The van der Waals surface area contributed by atoms with Gasteiger partial charge in [-0.25, -0.2) is 0 Å². The molecule has 116 valence electrons. The van der Waals surface area contributed by atoms with Crippen LogP contribution < -0.4 is 29.6 Å². The molecule has 0 saturated carbocycles. The first kappa shape index (κ1) is 20.9. The van der Waals surface area contributed by atoms with Gasteiger partial charge in [0.15, 0.2) is 0 Å². The summed E-state index contributed by atoms with van der Waals surface area (Å²) in [5.41, 5.74) is 0. The van der Waals surface area contributed by atoms with Crippen molar-refractivity contribution in [2.24, 2.45) is 5.92 Å². The van der Waals surface area contributed by atoms with Crippen LogP contribution in [0.15, 0.2) is 0 Å². The number of aliphatic hydroxyl groups excluding tert-OH is 1. The first-order valence-corrected chi connectivity index (χ1v) is 8.24. The second kappa shape index (κ2) is 13.5. The van der Waals surface area contributed by atoms with Crippen molar-refractivity contribution in [3.63, 3.8) is 0 Å². The van der Waals surface area contributed by atoms with Gasteiger partial charge >= 0.3 is 29.6 Å². The van der Waals surface area contributed by atoms with E-state index in [0.717, 1.165) is 32.2 Å². The number of β-amino-alcohol motifs (C(OH)–C–C–N with tert-alkyl or cyclic N) is 1. The Morgan fingerprint density at radius 2 is 1.95 bits per heavy atom. The third-order valence-electron chi connectivity index (χ3n) is 4.28. The minimum atomic E-state index is 0. The molecule has 0 amide bonds. The monoisotopic (exact) mass is 295 g/mol. The van der Waals surface area contributed by atoms with E-state index in [1.54, 1.807) is 0 Å². The van der Waals surface area contributed by atoms with E-state index in [1.807, 2.05) is 0 Å². The first-order chi connectivity index (χ1) is 9.31. The van der Waals surface area contributed by atoms with Crippen molar-refractivity contribution in [1.29, 1.82) is 0 Å². The summed E-state index contributed by atoms with van der Waals surface area (Å²) in [5, 5.41) is 9.11. The van der Waals surface area contributed by atoms with Crippen LogP contribution in [0.2, 0.25) is 0 Å². The van der Waals surface area contributed by atoms with Gasteiger partial charge in [0, 0.05) is 19.1 Å². The molecule has 0 aliphatic carbocycles. The standard InChI is InChI=1S/C16H33NO2.Na.H/c1-3-6-15(7-4-2)8-5-9-16-14-19-13-11-17(16)10-12-18;;/h15-16,18H,3-14H2,1-2H3;;/q;+1;-1. The van der Waals surface area contributed by atoms with Gasteiger partial charge in [-0.2, -0.15) is 0 Å². The number of ether oxygens (including phenoxy) is 1. The molecule has 1 fully saturated rings. The number of rotatable bonds is 10. The number of morpholine rings is 1. The van der Waals surface area contributed by atoms with Crippen LogP contribution in [-0.2, 0) is 4.74 Å². The van der Waals surface area contributed by atoms with Crippen LogP contribution in [0.3, 0.4) is 0 Å². The minimum absolute atomic E-state index is 0. The fourth-order valence-corrected chi connectivity index (χ4v) is 3.27. The van der Waals surface area contributed by atoms with Crippen molar-refractivity contribution in [2.45, 2.75) is 64.8 Å². The van der Waals surface area contributed by atoms with E-state index in [9.17, 15) is 0 Å². The second-order valence-electron chi connectivity index (χ2n) is 5.86. The fraction of sp³-hybridized carbons (Fsp3) is 1.00. The maximum absolute atomic E-state index is 9.11. The summed E-state index contributed by atoms with van der Waals surface area (Å²) >= 11 is 0. The van der Waals surface area contributed by atoms with Crippen LogP contribution in [0.25, 0.3) is 0 Å². The summed E-state index contributed by atoms with van der Waals surface area (Å²) in [6, 6.07) is 0.532. The molecular formula is C16H34NNaO2. The quantitative estimate of drug-likeness (QED) is 0.584. The van der Waals surface area contributed by atoms with Gasteiger partial charge in [-0.3, -0.25) is 4.90 Å². The maximum Gasteiger partial charge on any atom is 1.00 e. The molecular weight excluding hydrogens is 261 g/mol. The van der Waals surface area contributed by atoms with E-state index < -0.39 is 0 Å². The Bertz CT molecular complexity index is 214. The first-order valence-electron chi connectivity index (χ1n) is 8.24. The average molecular weight is 295 g/mol. The summed E-state index contributed by atoms with van der Waals surface area (Å²) < 4.78 is 5.59. The fourth-order valence-electron chi connectivity index (χ4n) is 3.27. The predicted octanol–water partition coefficient (Wildman–Crippen LogP) is 0.183. The molecule has 1 aliphatic rings. The zero-order valence-electron chi connectivity index (χ0n) is 14.9. The summed E-state index contributed by atoms with van der Waals surface area (Å²) in [4.78, 5) is 2.40. The van der Waals surface area contributed by atoms with Gasteiger partial charge in [0.25, 0.3) is 0 Å². The molecule has 1 atom stereocenters. The normalized spacial score (nSPS) is 20.1. The third kappa shape index (κ3) is 8.35. The van der Waals surface area contributed by atoms with E-state index in [1.165, 1.54) is 44.9 Å². The number of nitrogens with zero attached hydrogens (tertiary/aromatic N) is 1. The van der Waals surface area contributed by atoms with Gasteiger partial charge in [-0.05, 0) is 12.3 Å². The van der Waals surface area contributed by atoms with Gasteiger partial charge in [0.2, 0.25) is 0 Å². The van der Waals surface area contributed by atoms with Crippen molar-refractivity contribution in [1.82, 2.24) is 4.90 Å². The Hall–Kier alpha value is 0.880. The van der Waals surface area contributed by atoms with Gasteiger partial charge in [0.1, 0.15) is 0 Å². The molecule has 1 rings (SSSR count). The molecule has 1 aliphatic heterocycles. The van der Waals surface area contributed by atoms with Gasteiger partial charge in [0.05, 0.1) is 19.8 Å². The Labute approximate surface area is 149 Å². The van der Waals surface area contributed by atoms with Crippen LogP contribution in [0, 0.1) is 5.92 Å².